The monoisotopic (exact) mass is 412 g/mol. The lowest BCUT2D eigenvalue weighted by molar-refractivity contribution is 0.0938. The summed E-state index contributed by atoms with van der Waals surface area (Å²) in [6, 6.07) is 8.00. The normalized spacial score (nSPS) is 15.6. The standard InChI is InChI=1S/C25H36N2O3/c1-6-17(2)26-25(28)21-15-23(22-14-20(29-4)12-13-24(22)30-5)27(18(21)3)16-19-10-8-7-9-11-19/h12-15,17,19H,6-11,16H2,1-5H3,(H,26,28)/t17-/m0/s1. The number of ether oxygens (including phenoxy) is 2. The van der Waals surface area contributed by atoms with Gasteiger partial charge in [0.25, 0.3) is 5.91 Å². The first-order valence-corrected chi connectivity index (χ1v) is 11.2. The fourth-order valence-corrected chi connectivity index (χ4v) is 4.38. The van der Waals surface area contributed by atoms with Crippen LogP contribution in [0.25, 0.3) is 11.3 Å². The van der Waals surface area contributed by atoms with Crippen LogP contribution >= 0.6 is 0 Å². The number of hydrogen-bond donors (Lipinski definition) is 1. The largest absolute Gasteiger partial charge is 0.497 e. The van der Waals surface area contributed by atoms with Gasteiger partial charge in [0.15, 0.2) is 0 Å². The van der Waals surface area contributed by atoms with Gasteiger partial charge in [-0.25, -0.2) is 0 Å². The van der Waals surface area contributed by atoms with Crippen LogP contribution in [0.15, 0.2) is 24.3 Å². The summed E-state index contributed by atoms with van der Waals surface area (Å²) in [4.78, 5) is 13.0. The minimum Gasteiger partial charge on any atom is -0.497 e. The molecule has 1 heterocycles. The van der Waals surface area contributed by atoms with Crippen LogP contribution in [0.2, 0.25) is 0 Å². The Hall–Kier alpha value is -2.43. The maximum Gasteiger partial charge on any atom is 0.253 e. The molecule has 2 aromatic rings. The second-order valence-electron chi connectivity index (χ2n) is 8.49. The number of aromatic nitrogens is 1. The van der Waals surface area contributed by atoms with Crippen LogP contribution in [0, 0.1) is 12.8 Å². The number of nitrogens with one attached hydrogen (secondary N) is 1. The van der Waals surface area contributed by atoms with Crippen molar-refractivity contribution in [2.24, 2.45) is 5.92 Å². The summed E-state index contributed by atoms with van der Waals surface area (Å²) >= 11 is 0. The number of nitrogens with zero attached hydrogens (tertiary/aromatic N) is 1. The molecule has 3 rings (SSSR count). The van der Waals surface area contributed by atoms with Crippen molar-refractivity contribution in [2.75, 3.05) is 14.2 Å². The average Bonchev–Trinajstić information content (AvgIpc) is 3.09. The minimum absolute atomic E-state index is 0.00708. The van der Waals surface area contributed by atoms with Crippen molar-refractivity contribution in [1.82, 2.24) is 9.88 Å². The fourth-order valence-electron chi connectivity index (χ4n) is 4.38. The van der Waals surface area contributed by atoms with E-state index in [1.54, 1.807) is 14.2 Å². The van der Waals surface area contributed by atoms with E-state index in [0.29, 0.717) is 5.92 Å². The van der Waals surface area contributed by atoms with E-state index in [1.165, 1.54) is 32.1 Å². The molecule has 5 nitrogen and oxygen atoms in total. The lowest BCUT2D eigenvalue weighted by Gasteiger charge is -2.24. The Morgan fingerprint density at radius 3 is 2.53 bits per heavy atom. The van der Waals surface area contributed by atoms with Crippen LogP contribution in [0.3, 0.4) is 0 Å². The van der Waals surface area contributed by atoms with Crippen LogP contribution in [-0.2, 0) is 6.54 Å². The molecule has 0 aliphatic heterocycles. The molecule has 30 heavy (non-hydrogen) atoms. The highest BCUT2D eigenvalue weighted by Crippen LogP contribution is 2.37. The summed E-state index contributed by atoms with van der Waals surface area (Å²) < 4.78 is 13.5. The van der Waals surface area contributed by atoms with Crippen LogP contribution in [0.4, 0.5) is 0 Å². The highest BCUT2D eigenvalue weighted by atomic mass is 16.5. The molecule has 1 saturated carbocycles. The second-order valence-corrected chi connectivity index (χ2v) is 8.49. The van der Waals surface area contributed by atoms with E-state index in [2.05, 4.69) is 23.7 Å². The van der Waals surface area contributed by atoms with Gasteiger partial charge in [0, 0.05) is 23.8 Å². The van der Waals surface area contributed by atoms with Gasteiger partial charge >= 0.3 is 0 Å². The summed E-state index contributed by atoms with van der Waals surface area (Å²) in [5.41, 5.74) is 3.73. The van der Waals surface area contributed by atoms with Crippen LogP contribution in [0.5, 0.6) is 11.5 Å². The van der Waals surface area contributed by atoms with Gasteiger partial charge in [0.2, 0.25) is 0 Å². The van der Waals surface area contributed by atoms with Gasteiger partial charge in [-0.2, -0.15) is 0 Å². The van der Waals surface area contributed by atoms with Crippen molar-refractivity contribution in [1.29, 1.82) is 0 Å². The Balaban J connectivity index is 2.08. The molecule has 164 valence electrons. The molecule has 1 N–H and O–H groups in total. The molecule has 0 saturated heterocycles. The zero-order valence-corrected chi connectivity index (χ0v) is 19.1. The number of methoxy groups -OCH3 is 2. The van der Waals surface area contributed by atoms with E-state index in [9.17, 15) is 4.79 Å². The first-order chi connectivity index (χ1) is 14.5. The molecular formula is C25H36N2O3. The van der Waals surface area contributed by atoms with Crippen molar-refractivity contribution in [3.8, 4) is 22.8 Å². The Labute approximate surface area is 180 Å². The molecule has 1 atom stereocenters. The molecule has 1 aromatic heterocycles. The first-order valence-electron chi connectivity index (χ1n) is 11.2. The molecule has 0 spiro atoms. The Morgan fingerprint density at radius 1 is 1.17 bits per heavy atom. The number of carbonyl (C=O) groups excluding carboxylic acids is 1. The van der Waals surface area contributed by atoms with Gasteiger partial charge in [-0.1, -0.05) is 26.2 Å². The van der Waals surface area contributed by atoms with Crippen molar-refractivity contribution in [2.45, 2.75) is 71.9 Å². The molecule has 0 bridgehead atoms. The van der Waals surface area contributed by atoms with Gasteiger partial charge in [-0.15, -0.1) is 0 Å². The van der Waals surface area contributed by atoms with Crippen molar-refractivity contribution in [3.05, 3.63) is 35.5 Å². The van der Waals surface area contributed by atoms with Crippen LogP contribution < -0.4 is 14.8 Å². The van der Waals surface area contributed by atoms with Gasteiger partial charge < -0.3 is 19.4 Å². The Kier molecular flexibility index (Phi) is 7.46. The third-order valence-electron chi connectivity index (χ3n) is 6.45. The molecule has 1 aliphatic rings. The molecule has 5 heteroatoms. The molecular weight excluding hydrogens is 376 g/mol. The highest BCUT2D eigenvalue weighted by Gasteiger charge is 2.24. The number of benzene rings is 1. The maximum atomic E-state index is 13.0. The molecule has 1 amide bonds. The molecule has 1 fully saturated rings. The highest BCUT2D eigenvalue weighted by molar-refractivity contribution is 5.97. The molecule has 0 unspecified atom stereocenters. The zero-order chi connectivity index (χ0) is 21.7. The lowest BCUT2D eigenvalue weighted by atomic mass is 9.89. The molecule has 1 aromatic carbocycles. The summed E-state index contributed by atoms with van der Waals surface area (Å²) in [5, 5.41) is 3.13. The van der Waals surface area contributed by atoms with Gasteiger partial charge in [-0.05, 0) is 63.3 Å². The van der Waals surface area contributed by atoms with Crippen molar-refractivity contribution in [3.63, 3.8) is 0 Å². The SMILES string of the molecule is CC[C@H](C)NC(=O)c1cc(-c2cc(OC)ccc2OC)n(CC2CCCCC2)c1C. The van der Waals surface area contributed by atoms with Crippen LogP contribution in [-0.4, -0.2) is 30.7 Å². The van der Waals surface area contributed by atoms with Crippen molar-refractivity contribution >= 4 is 5.91 Å². The molecule has 0 radical (unpaired) electrons. The van der Waals surface area contributed by atoms with E-state index in [-0.39, 0.29) is 11.9 Å². The Morgan fingerprint density at radius 2 is 1.90 bits per heavy atom. The first kappa shape index (κ1) is 22.3. The average molecular weight is 413 g/mol. The summed E-state index contributed by atoms with van der Waals surface area (Å²) in [6.07, 6.45) is 7.33. The van der Waals surface area contributed by atoms with E-state index in [1.807, 2.05) is 31.2 Å². The minimum atomic E-state index is -0.00708. The molecule has 1 aliphatic carbocycles. The number of amides is 1. The van der Waals surface area contributed by atoms with Gasteiger partial charge in [-0.3, -0.25) is 4.79 Å². The number of carbonyl (C=O) groups is 1. The topological polar surface area (TPSA) is 52.5 Å². The third-order valence-corrected chi connectivity index (χ3v) is 6.45. The van der Waals surface area contributed by atoms with E-state index in [0.717, 1.165) is 47.0 Å². The zero-order valence-electron chi connectivity index (χ0n) is 19.1. The lowest BCUT2D eigenvalue weighted by Crippen LogP contribution is -2.32. The summed E-state index contributed by atoms with van der Waals surface area (Å²) in [6.45, 7) is 7.11. The Bertz CT molecular complexity index is 866. The van der Waals surface area contributed by atoms with Crippen molar-refractivity contribution < 1.29 is 14.3 Å². The van der Waals surface area contributed by atoms with Gasteiger partial charge in [0.1, 0.15) is 11.5 Å². The van der Waals surface area contributed by atoms with E-state index >= 15 is 0 Å². The van der Waals surface area contributed by atoms with Crippen LogP contribution in [0.1, 0.15) is 68.4 Å². The fraction of sp³-hybridized carbons (Fsp3) is 0.560. The van der Waals surface area contributed by atoms with Gasteiger partial charge in [0.05, 0.1) is 25.5 Å². The smallest absolute Gasteiger partial charge is 0.253 e. The summed E-state index contributed by atoms with van der Waals surface area (Å²) in [7, 11) is 3.35. The number of rotatable bonds is 8. The summed E-state index contributed by atoms with van der Waals surface area (Å²) in [5.74, 6) is 2.20. The second kappa shape index (κ2) is 10.1. The maximum absolute atomic E-state index is 13.0. The van der Waals surface area contributed by atoms with E-state index < -0.39 is 0 Å². The van der Waals surface area contributed by atoms with E-state index in [4.69, 9.17) is 9.47 Å². The quantitative estimate of drug-likeness (QED) is 0.615. The third kappa shape index (κ3) is 4.82. The predicted octanol–water partition coefficient (Wildman–Crippen LogP) is 5.59. The predicted molar refractivity (Wildman–Crippen MR) is 122 cm³/mol. The number of hydrogen-bond acceptors (Lipinski definition) is 3.